The minimum atomic E-state index is -0.359. The normalized spacial score (nSPS) is 10.6. The summed E-state index contributed by atoms with van der Waals surface area (Å²) in [7, 11) is 1.53. The maximum absolute atomic E-state index is 12.1. The highest BCUT2D eigenvalue weighted by Crippen LogP contribution is 2.23. The van der Waals surface area contributed by atoms with Gasteiger partial charge in [-0.3, -0.25) is 9.59 Å². The van der Waals surface area contributed by atoms with Gasteiger partial charge in [-0.1, -0.05) is 35.0 Å². The van der Waals surface area contributed by atoms with Crippen LogP contribution in [-0.2, 0) is 9.59 Å². The summed E-state index contributed by atoms with van der Waals surface area (Å²) in [5.41, 5.74) is 3.73. The summed E-state index contributed by atoms with van der Waals surface area (Å²) in [4.78, 5) is 24.0. The summed E-state index contributed by atoms with van der Waals surface area (Å²) in [5.74, 6) is 0.604. The van der Waals surface area contributed by atoms with Crippen LogP contribution >= 0.6 is 15.9 Å². The van der Waals surface area contributed by atoms with Gasteiger partial charge in [0.05, 0.1) is 25.6 Å². The molecule has 8 heteroatoms. The summed E-state index contributed by atoms with van der Waals surface area (Å²) >= 11 is 3.41. The second-order valence-electron chi connectivity index (χ2n) is 6.07. The standard InChI is InChI=1S/C21H24BrN3O4/c1-3-12-29-18-9-8-16(22)13-15(18)14-23-25-21(27)11-10-20(26)24-17-6-4-5-7-19(17)28-2/h4-9,13-14H,3,10-12H2,1-2H3,(H,24,26)(H,25,27). The fraction of sp³-hybridized carbons (Fsp3) is 0.286. The first kappa shape index (κ1) is 22.4. The van der Waals surface area contributed by atoms with Crippen LogP contribution in [0.25, 0.3) is 0 Å². The Balaban J connectivity index is 1.84. The third kappa shape index (κ3) is 7.57. The van der Waals surface area contributed by atoms with Crippen molar-refractivity contribution in [2.75, 3.05) is 19.0 Å². The van der Waals surface area contributed by atoms with Crippen molar-refractivity contribution in [2.24, 2.45) is 5.10 Å². The Kier molecular flexibility index (Phi) is 9.17. The lowest BCUT2D eigenvalue weighted by Crippen LogP contribution is -2.20. The van der Waals surface area contributed by atoms with Gasteiger partial charge >= 0.3 is 0 Å². The van der Waals surface area contributed by atoms with Crippen LogP contribution in [0.4, 0.5) is 5.69 Å². The SMILES string of the molecule is CCCOc1ccc(Br)cc1C=NNC(=O)CCC(=O)Nc1ccccc1OC. The number of carbonyl (C=O) groups is 2. The molecule has 0 heterocycles. The van der Waals surface area contributed by atoms with Crippen molar-refractivity contribution in [1.29, 1.82) is 0 Å². The molecule has 2 N–H and O–H groups in total. The number of carbonyl (C=O) groups excluding carboxylic acids is 2. The Morgan fingerprint density at radius 2 is 1.86 bits per heavy atom. The van der Waals surface area contributed by atoms with E-state index in [1.54, 1.807) is 18.2 Å². The molecule has 0 aliphatic rings. The van der Waals surface area contributed by atoms with Crippen LogP contribution in [0.15, 0.2) is 52.0 Å². The fourth-order valence-corrected chi connectivity index (χ4v) is 2.76. The van der Waals surface area contributed by atoms with Crippen LogP contribution in [0.1, 0.15) is 31.7 Å². The Bertz CT molecular complexity index is 871. The average Bonchev–Trinajstić information content (AvgIpc) is 2.72. The second kappa shape index (κ2) is 11.9. The van der Waals surface area contributed by atoms with Crippen LogP contribution in [0.3, 0.4) is 0 Å². The monoisotopic (exact) mass is 461 g/mol. The van der Waals surface area contributed by atoms with E-state index in [1.165, 1.54) is 13.3 Å². The summed E-state index contributed by atoms with van der Waals surface area (Å²) in [5, 5.41) is 6.69. The highest BCUT2D eigenvalue weighted by Gasteiger charge is 2.09. The molecule has 0 aromatic heterocycles. The maximum Gasteiger partial charge on any atom is 0.240 e. The van der Waals surface area contributed by atoms with E-state index in [0.29, 0.717) is 23.8 Å². The summed E-state index contributed by atoms with van der Waals surface area (Å²) < 4.78 is 11.7. The highest BCUT2D eigenvalue weighted by molar-refractivity contribution is 9.10. The zero-order valence-corrected chi connectivity index (χ0v) is 18.0. The molecule has 0 saturated heterocycles. The Hall–Kier alpha value is -2.87. The van der Waals surface area contributed by atoms with Crippen LogP contribution in [0.5, 0.6) is 11.5 Å². The van der Waals surface area contributed by atoms with Gasteiger partial charge in [0.1, 0.15) is 11.5 Å². The molecule has 0 unspecified atom stereocenters. The molecule has 7 nitrogen and oxygen atoms in total. The molecule has 0 radical (unpaired) electrons. The van der Waals surface area contributed by atoms with Gasteiger partial charge in [-0.05, 0) is 36.8 Å². The van der Waals surface area contributed by atoms with Crippen molar-refractivity contribution in [3.8, 4) is 11.5 Å². The molecule has 2 amide bonds. The van der Waals surface area contributed by atoms with E-state index in [1.807, 2.05) is 31.2 Å². The third-order valence-corrected chi connectivity index (χ3v) is 4.28. The number of hydrogen-bond acceptors (Lipinski definition) is 5. The van der Waals surface area contributed by atoms with E-state index in [4.69, 9.17) is 9.47 Å². The Morgan fingerprint density at radius 1 is 1.10 bits per heavy atom. The second-order valence-corrected chi connectivity index (χ2v) is 6.99. The lowest BCUT2D eigenvalue weighted by atomic mass is 10.2. The summed E-state index contributed by atoms with van der Waals surface area (Å²) in [6.45, 7) is 2.62. The summed E-state index contributed by atoms with van der Waals surface area (Å²) in [6.07, 6.45) is 2.44. The first-order valence-electron chi connectivity index (χ1n) is 9.20. The number of para-hydroxylation sites is 2. The van der Waals surface area contributed by atoms with Crippen LogP contribution in [0, 0.1) is 0 Å². The van der Waals surface area contributed by atoms with E-state index >= 15 is 0 Å². The van der Waals surface area contributed by atoms with Gasteiger partial charge in [-0.2, -0.15) is 5.10 Å². The molecule has 2 aromatic rings. The van der Waals surface area contributed by atoms with E-state index in [9.17, 15) is 9.59 Å². The van der Waals surface area contributed by atoms with Crippen LogP contribution < -0.4 is 20.2 Å². The highest BCUT2D eigenvalue weighted by atomic mass is 79.9. The number of benzene rings is 2. The first-order chi connectivity index (χ1) is 14.0. The number of ether oxygens (including phenoxy) is 2. The average molecular weight is 462 g/mol. The van der Waals surface area contributed by atoms with E-state index < -0.39 is 0 Å². The van der Waals surface area contributed by atoms with Crippen LogP contribution in [-0.4, -0.2) is 31.7 Å². The molecule has 0 atom stereocenters. The number of anilines is 1. The van der Waals surface area contributed by atoms with E-state index in [2.05, 4.69) is 31.8 Å². The van der Waals surface area contributed by atoms with Gasteiger partial charge in [0.15, 0.2) is 0 Å². The van der Waals surface area contributed by atoms with Gasteiger partial charge in [-0.25, -0.2) is 5.43 Å². The smallest absolute Gasteiger partial charge is 0.240 e. The predicted molar refractivity (Wildman–Crippen MR) is 117 cm³/mol. The fourth-order valence-electron chi connectivity index (χ4n) is 2.38. The molecular weight excluding hydrogens is 438 g/mol. The lowest BCUT2D eigenvalue weighted by molar-refractivity contribution is -0.124. The number of nitrogens with one attached hydrogen (secondary N) is 2. The van der Waals surface area contributed by atoms with Gasteiger partial charge in [0.25, 0.3) is 0 Å². The zero-order valence-electron chi connectivity index (χ0n) is 16.4. The molecule has 2 rings (SSSR count). The number of rotatable bonds is 10. The molecule has 0 saturated carbocycles. The Morgan fingerprint density at radius 3 is 2.62 bits per heavy atom. The first-order valence-corrected chi connectivity index (χ1v) is 10.00. The molecule has 0 spiro atoms. The molecule has 0 aliphatic heterocycles. The largest absolute Gasteiger partial charge is 0.495 e. The third-order valence-electron chi connectivity index (χ3n) is 3.79. The summed E-state index contributed by atoms with van der Waals surface area (Å²) in [6, 6.07) is 12.6. The molecule has 154 valence electrons. The Labute approximate surface area is 178 Å². The number of methoxy groups -OCH3 is 1. The molecule has 2 aromatic carbocycles. The quantitative estimate of drug-likeness (QED) is 0.411. The minimum absolute atomic E-state index is 0.00992. The number of halogens is 1. The van der Waals surface area contributed by atoms with E-state index in [-0.39, 0.29) is 24.7 Å². The van der Waals surface area contributed by atoms with Crippen molar-refractivity contribution < 1.29 is 19.1 Å². The number of hydrazone groups is 1. The van der Waals surface area contributed by atoms with Crippen LogP contribution in [0.2, 0.25) is 0 Å². The lowest BCUT2D eigenvalue weighted by Gasteiger charge is -2.09. The topological polar surface area (TPSA) is 89.0 Å². The molecule has 0 aliphatic carbocycles. The zero-order chi connectivity index (χ0) is 21.1. The van der Waals surface area contributed by atoms with Crippen molar-refractivity contribution in [3.05, 3.63) is 52.5 Å². The number of hydrogen-bond donors (Lipinski definition) is 2. The van der Waals surface area contributed by atoms with Crippen molar-refractivity contribution >= 4 is 39.6 Å². The number of amides is 2. The van der Waals surface area contributed by atoms with Gasteiger partial charge in [0, 0.05) is 22.9 Å². The van der Waals surface area contributed by atoms with E-state index in [0.717, 1.165) is 16.5 Å². The van der Waals surface area contributed by atoms with Crippen molar-refractivity contribution in [1.82, 2.24) is 5.43 Å². The molecule has 0 bridgehead atoms. The molecule has 29 heavy (non-hydrogen) atoms. The van der Waals surface area contributed by atoms with Gasteiger partial charge < -0.3 is 14.8 Å². The van der Waals surface area contributed by atoms with Gasteiger partial charge in [0.2, 0.25) is 11.8 Å². The van der Waals surface area contributed by atoms with Gasteiger partial charge in [-0.15, -0.1) is 0 Å². The number of nitrogens with zero attached hydrogens (tertiary/aromatic N) is 1. The molecular formula is C21H24BrN3O4. The van der Waals surface area contributed by atoms with Crippen molar-refractivity contribution in [3.63, 3.8) is 0 Å². The van der Waals surface area contributed by atoms with Crippen molar-refractivity contribution in [2.45, 2.75) is 26.2 Å². The minimum Gasteiger partial charge on any atom is -0.495 e. The maximum atomic E-state index is 12.1. The predicted octanol–water partition coefficient (Wildman–Crippen LogP) is 4.12. The molecule has 0 fully saturated rings.